The lowest BCUT2D eigenvalue weighted by molar-refractivity contribution is 0.728. The monoisotopic (exact) mass is 378 g/mol. The Balaban J connectivity index is 1.69. The molecule has 0 fully saturated rings. The van der Waals surface area contributed by atoms with Crippen molar-refractivity contribution >= 4 is 66.3 Å². The molecule has 0 aliphatic heterocycles. The van der Waals surface area contributed by atoms with Gasteiger partial charge in [0.25, 0.3) is 5.56 Å². The number of hydrogen-bond acceptors (Lipinski definition) is 5. The van der Waals surface area contributed by atoms with Crippen LogP contribution in [0.3, 0.4) is 0 Å². The molecule has 0 atom stereocenters. The highest BCUT2D eigenvalue weighted by molar-refractivity contribution is 7.98. The van der Waals surface area contributed by atoms with Crippen molar-refractivity contribution < 1.29 is 0 Å². The minimum atomic E-state index is 0.00920. The van der Waals surface area contributed by atoms with Crippen LogP contribution in [-0.4, -0.2) is 9.55 Å². The molecule has 3 heterocycles. The Bertz CT molecular complexity index is 1080. The number of rotatable bonds is 3. The highest BCUT2D eigenvalue weighted by atomic mass is 35.5. The Morgan fingerprint density at radius 2 is 2.13 bits per heavy atom. The van der Waals surface area contributed by atoms with E-state index in [1.54, 1.807) is 34.7 Å². The van der Waals surface area contributed by atoms with Crippen LogP contribution >= 0.6 is 46.0 Å². The van der Waals surface area contributed by atoms with Crippen LogP contribution < -0.4 is 5.56 Å². The van der Waals surface area contributed by atoms with Crippen molar-refractivity contribution in [2.75, 3.05) is 0 Å². The molecule has 0 unspecified atom stereocenters. The Morgan fingerprint density at radius 1 is 1.30 bits per heavy atom. The summed E-state index contributed by atoms with van der Waals surface area (Å²) in [6.45, 7) is 0. The van der Waals surface area contributed by atoms with Crippen molar-refractivity contribution in [1.29, 1.82) is 0 Å². The molecule has 4 rings (SSSR count). The average molecular weight is 379 g/mol. The van der Waals surface area contributed by atoms with Gasteiger partial charge in [-0.15, -0.1) is 22.7 Å². The standard InChI is InChI=1S/C16H11ClN2OS3/c1-19-15(20)14-10(6-7-21-14)18-16(19)22-8-12-13(17)9-4-2-3-5-11(9)23-12/h2-7H,8H2,1H3. The number of halogens is 1. The van der Waals surface area contributed by atoms with Crippen LogP contribution in [0.15, 0.2) is 45.7 Å². The van der Waals surface area contributed by atoms with Crippen LogP contribution in [0, 0.1) is 0 Å². The number of thioether (sulfide) groups is 1. The zero-order chi connectivity index (χ0) is 16.0. The molecule has 3 aromatic heterocycles. The van der Waals surface area contributed by atoms with Gasteiger partial charge in [0.1, 0.15) is 4.70 Å². The first-order chi connectivity index (χ1) is 11.1. The predicted molar refractivity (Wildman–Crippen MR) is 101 cm³/mol. The molecule has 0 N–H and O–H groups in total. The molecule has 116 valence electrons. The normalized spacial score (nSPS) is 11.6. The number of thiophene rings is 2. The Hall–Kier alpha value is -1.34. The van der Waals surface area contributed by atoms with Crippen LogP contribution in [0.5, 0.6) is 0 Å². The third-order valence-corrected chi connectivity index (χ3v) is 7.43. The van der Waals surface area contributed by atoms with Crippen LogP contribution in [0.1, 0.15) is 4.88 Å². The summed E-state index contributed by atoms with van der Waals surface area (Å²) in [6, 6.07) is 10.0. The molecule has 0 aliphatic carbocycles. The second kappa shape index (κ2) is 5.94. The molecule has 23 heavy (non-hydrogen) atoms. The topological polar surface area (TPSA) is 34.9 Å². The van der Waals surface area contributed by atoms with Crippen molar-refractivity contribution in [2.45, 2.75) is 10.9 Å². The highest BCUT2D eigenvalue weighted by Gasteiger charge is 2.13. The molecule has 0 radical (unpaired) electrons. The lowest BCUT2D eigenvalue weighted by Gasteiger charge is -2.06. The third-order valence-electron chi connectivity index (χ3n) is 3.58. The molecule has 0 amide bonds. The molecule has 4 aromatic rings. The van der Waals surface area contributed by atoms with Gasteiger partial charge in [-0.05, 0) is 17.5 Å². The highest BCUT2D eigenvalue weighted by Crippen LogP contribution is 2.38. The van der Waals surface area contributed by atoms with Crippen molar-refractivity contribution in [2.24, 2.45) is 7.05 Å². The third kappa shape index (κ3) is 2.59. The zero-order valence-corrected chi connectivity index (χ0v) is 15.3. The predicted octanol–water partition coefficient (Wildman–Crippen LogP) is 5.16. The van der Waals surface area contributed by atoms with Gasteiger partial charge >= 0.3 is 0 Å². The number of fused-ring (bicyclic) bond motifs is 2. The lowest BCUT2D eigenvalue weighted by atomic mass is 10.2. The van der Waals surface area contributed by atoms with E-state index < -0.39 is 0 Å². The van der Waals surface area contributed by atoms with E-state index in [4.69, 9.17) is 11.6 Å². The second-order valence-electron chi connectivity index (χ2n) is 5.02. The van der Waals surface area contributed by atoms with Gasteiger partial charge in [0.15, 0.2) is 5.16 Å². The van der Waals surface area contributed by atoms with Gasteiger partial charge in [-0.3, -0.25) is 9.36 Å². The van der Waals surface area contributed by atoms with E-state index >= 15 is 0 Å². The van der Waals surface area contributed by atoms with Crippen LogP contribution in [0.25, 0.3) is 20.3 Å². The molecule has 0 saturated carbocycles. The van der Waals surface area contributed by atoms with Gasteiger partial charge in [-0.2, -0.15) is 0 Å². The van der Waals surface area contributed by atoms with Gasteiger partial charge in [-0.25, -0.2) is 4.98 Å². The maximum Gasteiger partial charge on any atom is 0.271 e. The minimum absolute atomic E-state index is 0.00920. The van der Waals surface area contributed by atoms with E-state index in [0.717, 1.165) is 26.0 Å². The minimum Gasteiger partial charge on any atom is -0.290 e. The fraction of sp³-hybridized carbons (Fsp3) is 0.125. The summed E-state index contributed by atoms with van der Waals surface area (Å²) >= 11 is 11.2. The molecular formula is C16H11ClN2OS3. The van der Waals surface area contributed by atoms with Gasteiger partial charge in [0, 0.05) is 27.8 Å². The first kappa shape index (κ1) is 15.2. The average Bonchev–Trinajstić information content (AvgIpc) is 3.15. The summed E-state index contributed by atoms with van der Waals surface area (Å²) in [4.78, 5) is 18.0. The second-order valence-corrected chi connectivity index (χ2v) is 8.39. The van der Waals surface area contributed by atoms with E-state index in [1.165, 1.54) is 16.0 Å². The summed E-state index contributed by atoms with van der Waals surface area (Å²) in [5, 5.41) is 4.51. The van der Waals surface area contributed by atoms with E-state index in [0.29, 0.717) is 10.5 Å². The maximum atomic E-state index is 12.3. The number of hydrogen-bond donors (Lipinski definition) is 0. The zero-order valence-electron chi connectivity index (χ0n) is 12.1. The fourth-order valence-corrected chi connectivity index (χ4v) is 5.82. The van der Waals surface area contributed by atoms with Gasteiger partial charge in [0.2, 0.25) is 0 Å². The van der Waals surface area contributed by atoms with Crippen LogP contribution in [0.4, 0.5) is 0 Å². The summed E-state index contributed by atoms with van der Waals surface area (Å²) in [5.41, 5.74) is 0.776. The van der Waals surface area contributed by atoms with E-state index in [2.05, 4.69) is 11.1 Å². The number of aromatic nitrogens is 2. The quantitative estimate of drug-likeness (QED) is 0.365. The molecule has 1 aromatic carbocycles. The first-order valence-electron chi connectivity index (χ1n) is 6.88. The molecule has 0 spiro atoms. The maximum absolute atomic E-state index is 12.3. The number of benzene rings is 1. The summed E-state index contributed by atoms with van der Waals surface area (Å²) in [6.07, 6.45) is 0. The number of nitrogens with zero attached hydrogens (tertiary/aromatic N) is 2. The summed E-state index contributed by atoms with van der Waals surface area (Å²) in [7, 11) is 1.77. The fourth-order valence-electron chi connectivity index (χ4n) is 2.38. The largest absolute Gasteiger partial charge is 0.290 e. The van der Waals surface area contributed by atoms with Crippen molar-refractivity contribution in [3.05, 3.63) is 56.0 Å². The van der Waals surface area contributed by atoms with Crippen LogP contribution in [-0.2, 0) is 12.8 Å². The molecule has 0 saturated heterocycles. The molecule has 7 heteroatoms. The molecule has 0 bridgehead atoms. The Labute approximate surface area is 149 Å². The van der Waals surface area contributed by atoms with Crippen LogP contribution in [0.2, 0.25) is 5.02 Å². The first-order valence-corrected chi connectivity index (χ1v) is 9.94. The molecule has 3 nitrogen and oxygen atoms in total. The van der Waals surface area contributed by atoms with Crippen molar-refractivity contribution in [3.63, 3.8) is 0 Å². The Morgan fingerprint density at radius 3 is 2.96 bits per heavy atom. The summed E-state index contributed by atoms with van der Waals surface area (Å²) < 4.78 is 3.50. The van der Waals surface area contributed by atoms with E-state index in [9.17, 15) is 4.79 Å². The van der Waals surface area contributed by atoms with E-state index in [1.807, 2.05) is 29.6 Å². The summed E-state index contributed by atoms with van der Waals surface area (Å²) in [5.74, 6) is 0.702. The molecular weight excluding hydrogens is 368 g/mol. The SMILES string of the molecule is Cn1c(SCc2sc3ccccc3c2Cl)nc2ccsc2c1=O. The smallest absolute Gasteiger partial charge is 0.271 e. The van der Waals surface area contributed by atoms with Gasteiger partial charge in [0.05, 0.1) is 10.5 Å². The molecule has 0 aliphatic rings. The lowest BCUT2D eigenvalue weighted by Crippen LogP contribution is -2.18. The van der Waals surface area contributed by atoms with Gasteiger partial charge in [-0.1, -0.05) is 41.6 Å². The Kier molecular flexibility index (Phi) is 3.93. The van der Waals surface area contributed by atoms with Gasteiger partial charge < -0.3 is 0 Å². The van der Waals surface area contributed by atoms with Crippen molar-refractivity contribution in [3.8, 4) is 0 Å². The van der Waals surface area contributed by atoms with E-state index in [-0.39, 0.29) is 5.56 Å². The van der Waals surface area contributed by atoms with Crippen molar-refractivity contribution in [1.82, 2.24) is 9.55 Å².